The molecule has 0 aliphatic rings. The third kappa shape index (κ3) is 5.92. The molecule has 0 saturated carbocycles. The molecule has 0 aliphatic heterocycles. The maximum atomic E-state index is 2.47. The molecule has 0 nitrogen and oxygen atoms in total. The van der Waals surface area contributed by atoms with Crippen LogP contribution in [0.2, 0.25) is 0 Å². The first kappa shape index (κ1) is 16.0. The Labute approximate surface area is 104 Å². The molecule has 16 heavy (non-hydrogen) atoms. The van der Waals surface area contributed by atoms with Crippen LogP contribution in [0.3, 0.4) is 0 Å². The van der Waals surface area contributed by atoms with Crippen LogP contribution >= 0.6 is 0 Å². The minimum absolute atomic E-state index is 0.447. The first-order chi connectivity index (χ1) is 7.10. The van der Waals surface area contributed by atoms with Gasteiger partial charge in [0, 0.05) is 0 Å². The van der Waals surface area contributed by atoms with E-state index in [1.807, 2.05) is 0 Å². The minimum Gasteiger partial charge on any atom is -0.0654 e. The highest BCUT2D eigenvalue weighted by molar-refractivity contribution is 4.84. The summed E-state index contributed by atoms with van der Waals surface area (Å²) in [5.41, 5.74) is 0.921. The summed E-state index contributed by atoms with van der Waals surface area (Å²) in [5.74, 6) is 1.68. The van der Waals surface area contributed by atoms with Crippen molar-refractivity contribution in [2.75, 3.05) is 0 Å². The van der Waals surface area contributed by atoms with E-state index in [1.54, 1.807) is 0 Å². The van der Waals surface area contributed by atoms with E-state index >= 15 is 0 Å². The van der Waals surface area contributed by atoms with Crippen LogP contribution in [0.15, 0.2) is 0 Å². The average molecular weight is 226 g/mol. The third-order valence-electron chi connectivity index (χ3n) is 3.66. The van der Waals surface area contributed by atoms with Gasteiger partial charge in [-0.3, -0.25) is 0 Å². The topological polar surface area (TPSA) is 0 Å². The molecule has 0 spiro atoms. The predicted molar refractivity (Wildman–Crippen MR) is 75.7 cm³/mol. The smallest absolute Gasteiger partial charge is 0.0318 e. The molecule has 0 amide bonds. The summed E-state index contributed by atoms with van der Waals surface area (Å²) in [6.45, 7) is 19.1. The molecule has 0 fully saturated rings. The summed E-state index contributed by atoms with van der Waals surface area (Å²) in [7, 11) is 0. The lowest BCUT2D eigenvalue weighted by molar-refractivity contribution is 0.0870. The lowest BCUT2D eigenvalue weighted by Gasteiger charge is -2.41. The van der Waals surface area contributed by atoms with Gasteiger partial charge in [-0.05, 0) is 35.5 Å². The molecule has 98 valence electrons. The Morgan fingerprint density at radius 3 is 1.75 bits per heavy atom. The Morgan fingerprint density at radius 1 is 0.938 bits per heavy atom. The molecular formula is C16H34. The van der Waals surface area contributed by atoms with E-state index in [4.69, 9.17) is 0 Å². The van der Waals surface area contributed by atoms with Crippen LogP contribution in [-0.4, -0.2) is 0 Å². The molecule has 1 unspecified atom stereocenters. The molecule has 0 aromatic carbocycles. The van der Waals surface area contributed by atoms with Crippen molar-refractivity contribution in [3.8, 4) is 0 Å². The van der Waals surface area contributed by atoms with Gasteiger partial charge in [-0.25, -0.2) is 0 Å². The third-order valence-corrected chi connectivity index (χ3v) is 3.66. The first-order valence-corrected chi connectivity index (χ1v) is 7.10. The second kappa shape index (κ2) is 6.07. The summed E-state index contributed by atoms with van der Waals surface area (Å²) < 4.78 is 0. The Bertz CT molecular complexity index is 181. The lowest BCUT2D eigenvalue weighted by atomic mass is 9.64. The SMILES string of the molecule is CCCCC(C(C)C)C(C)(C)CC(C)(C)C. The maximum absolute atomic E-state index is 2.47. The van der Waals surface area contributed by atoms with Crippen molar-refractivity contribution in [1.82, 2.24) is 0 Å². The molecule has 0 aromatic rings. The molecule has 0 bridgehead atoms. The van der Waals surface area contributed by atoms with E-state index in [-0.39, 0.29) is 0 Å². The van der Waals surface area contributed by atoms with Crippen LogP contribution in [0.25, 0.3) is 0 Å². The normalized spacial score (nSPS) is 15.6. The molecule has 0 N–H and O–H groups in total. The summed E-state index contributed by atoms with van der Waals surface area (Å²) in [4.78, 5) is 0. The second-order valence-electron chi connectivity index (χ2n) is 7.72. The lowest BCUT2D eigenvalue weighted by Crippen LogP contribution is -2.32. The first-order valence-electron chi connectivity index (χ1n) is 7.10. The predicted octanol–water partition coefficient (Wildman–Crippen LogP) is 5.91. The molecule has 0 heterocycles. The van der Waals surface area contributed by atoms with Crippen molar-refractivity contribution < 1.29 is 0 Å². The van der Waals surface area contributed by atoms with Gasteiger partial charge in [0.05, 0.1) is 0 Å². The van der Waals surface area contributed by atoms with Crippen molar-refractivity contribution in [2.45, 2.75) is 81.1 Å². The zero-order valence-corrected chi connectivity index (χ0v) is 13.0. The van der Waals surface area contributed by atoms with Crippen molar-refractivity contribution >= 4 is 0 Å². The van der Waals surface area contributed by atoms with Crippen molar-refractivity contribution in [3.05, 3.63) is 0 Å². The summed E-state index contributed by atoms with van der Waals surface area (Å²) in [6.07, 6.45) is 5.44. The van der Waals surface area contributed by atoms with Gasteiger partial charge in [0.1, 0.15) is 0 Å². The molecule has 0 heteroatoms. The molecule has 0 radical (unpaired) electrons. The number of unbranched alkanes of at least 4 members (excludes halogenated alkanes) is 1. The van der Waals surface area contributed by atoms with Crippen molar-refractivity contribution in [2.24, 2.45) is 22.7 Å². The molecule has 0 aliphatic carbocycles. The zero-order chi connectivity index (χ0) is 13.0. The van der Waals surface area contributed by atoms with Crippen LogP contribution in [0, 0.1) is 22.7 Å². The maximum Gasteiger partial charge on any atom is -0.0318 e. The Hall–Kier alpha value is 0. The van der Waals surface area contributed by atoms with E-state index in [0.29, 0.717) is 10.8 Å². The van der Waals surface area contributed by atoms with Crippen LogP contribution in [0.1, 0.15) is 81.1 Å². The van der Waals surface area contributed by atoms with Crippen LogP contribution in [-0.2, 0) is 0 Å². The van der Waals surface area contributed by atoms with Gasteiger partial charge in [-0.15, -0.1) is 0 Å². The average Bonchev–Trinajstić information content (AvgIpc) is 1.98. The van der Waals surface area contributed by atoms with Gasteiger partial charge in [0.15, 0.2) is 0 Å². The van der Waals surface area contributed by atoms with E-state index in [2.05, 4.69) is 55.4 Å². The van der Waals surface area contributed by atoms with Crippen molar-refractivity contribution in [3.63, 3.8) is 0 Å². The standard InChI is InChI=1S/C16H34/c1-9-10-11-14(13(2)3)16(7,8)12-15(4,5)6/h13-14H,9-12H2,1-8H3. The molecule has 0 rings (SSSR count). The molecule has 0 aromatic heterocycles. The van der Waals surface area contributed by atoms with E-state index in [1.165, 1.54) is 25.7 Å². The Balaban J connectivity index is 4.61. The minimum atomic E-state index is 0.447. The van der Waals surface area contributed by atoms with E-state index in [9.17, 15) is 0 Å². The Morgan fingerprint density at radius 2 is 1.44 bits per heavy atom. The largest absolute Gasteiger partial charge is 0.0654 e. The number of hydrogen-bond acceptors (Lipinski definition) is 0. The fourth-order valence-corrected chi connectivity index (χ4v) is 3.55. The highest BCUT2D eigenvalue weighted by atomic mass is 14.4. The molecule has 1 atom stereocenters. The second-order valence-corrected chi connectivity index (χ2v) is 7.72. The number of hydrogen-bond donors (Lipinski definition) is 0. The van der Waals surface area contributed by atoms with Gasteiger partial charge in [-0.2, -0.15) is 0 Å². The quantitative estimate of drug-likeness (QED) is 0.528. The molecular weight excluding hydrogens is 192 g/mol. The molecule has 0 saturated heterocycles. The van der Waals surface area contributed by atoms with Crippen LogP contribution in [0.4, 0.5) is 0 Å². The summed E-state index contributed by atoms with van der Waals surface area (Å²) in [6, 6.07) is 0. The number of rotatable bonds is 6. The van der Waals surface area contributed by atoms with Crippen LogP contribution < -0.4 is 0 Å². The van der Waals surface area contributed by atoms with Gasteiger partial charge in [-0.1, -0.05) is 68.2 Å². The highest BCUT2D eigenvalue weighted by Gasteiger charge is 2.34. The van der Waals surface area contributed by atoms with Gasteiger partial charge in [0.25, 0.3) is 0 Å². The van der Waals surface area contributed by atoms with Gasteiger partial charge in [0.2, 0.25) is 0 Å². The van der Waals surface area contributed by atoms with Crippen molar-refractivity contribution in [1.29, 1.82) is 0 Å². The summed E-state index contributed by atoms with van der Waals surface area (Å²) >= 11 is 0. The Kier molecular flexibility index (Phi) is 6.07. The monoisotopic (exact) mass is 226 g/mol. The van der Waals surface area contributed by atoms with E-state index in [0.717, 1.165) is 11.8 Å². The zero-order valence-electron chi connectivity index (χ0n) is 13.0. The van der Waals surface area contributed by atoms with Gasteiger partial charge < -0.3 is 0 Å². The van der Waals surface area contributed by atoms with Gasteiger partial charge >= 0.3 is 0 Å². The fraction of sp³-hybridized carbons (Fsp3) is 1.00. The highest BCUT2D eigenvalue weighted by Crippen LogP contribution is 2.44. The fourth-order valence-electron chi connectivity index (χ4n) is 3.55. The summed E-state index contributed by atoms with van der Waals surface area (Å²) in [5, 5.41) is 0. The van der Waals surface area contributed by atoms with Crippen LogP contribution in [0.5, 0.6) is 0 Å². The van der Waals surface area contributed by atoms with E-state index < -0.39 is 0 Å².